The maximum absolute atomic E-state index is 11.1. The number of phenolic OH excluding ortho intramolecular Hbond substituents is 2. The maximum Gasteiger partial charge on any atom is 0.119 e. The summed E-state index contributed by atoms with van der Waals surface area (Å²) in [6.45, 7) is 0. The molecular weight excluding hydrogens is 392 g/mol. The fourth-order valence-corrected chi connectivity index (χ4v) is 5.30. The van der Waals surface area contributed by atoms with Gasteiger partial charge in [-0.05, 0) is 59.4 Å². The van der Waals surface area contributed by atoms with E-state index in [4.69, 9.17) is 0 Å². The molecule has 2 nitrogen and oxygen atoms in total. The Morgan fingerprint density at radius 3 is 1.34 bits per heavy atom. The summed E-state index contributed by atoms with van der Waals surface area (Å²) in [4.78, 5) is 0. The molecule has 1 saturated carbocycles. The Morgan fingerprint density at radius 1 is 0.469 bits per heavy atom. The molecule has 0 unspecified atom stereocenters. The number of aromatic hydroxyl groups is 2. The van der Waals surface area contributed by atoms with Gasteiger partial charge >= 0.3 is 0 Å². The van der Waals surface area contributed by atoms with Crippen LogP contribution in [0.1, 0.15) is 43.2 Å². The molecule has 0 heterocycles. The number of phenols is 2. The van der Waals surface area contributed by atoms with Crippen molar-refractivity contribution in [2.45, 2.75) is 37.5 Å². The normalized spacial score (nSPS) is 15.4. The predicted molar refractivity (Wildman–Crippen MR) is 131 cm³/mol. The monoisotopic (exact) mass is 420 g/mol. The van der Waals surface area contributed by atoms with Crippen LogP contribution in [0, 0.1) is 0 Å². The van der Waals surface area contributed by atoms with E-state index in [0.717, 1.165) is 59.1 Å². The van der Waals surface area contributed by atoms with Crippen LogP contribution in [0.4, 0.5) is 0 Å². The van der Waals surface area contributed by atoms with Gasteiger partial charge in [-0.2, -0.15) is 0 Å². The lowest BCUT2D eigenvalue weighted by Crippen LogP contribution is -2.31. The lowest BCUT2D eigenvalue weighted by Gasteiger charge is -2.39. The highest BCUT2D eigenvalue weighted by molar-refractivity contribution is 5.70. The zero-order valence-corrected chi connectivity index (χ0v) is 18.2. The first-order valence-electron chi connectivity index (χ1n) is 11.5. The molecule has 0 bridgehead atoms. The van der Waals surface area contributed by atoms with Crippen LogP contribution < -0.4 is 0 Å². The van der Waals surface area contributed by atoms with Crippen LogP contribution in [0.3, 0.4) is 0 Å². The smallest absolute Gasteiger partial charge is 0.119 e. The first kappa shape index (κ1) is 20.4. The van der Waals surface area contributed by atoms with Gasteiger partial charge in [0, 0.05) is 16.5 Å². The molecule has 5 rings (SSSR count). The first-order chi connectivity index (χ1) is 15.7. The summed E-state index contributed by atoms with van der Waals surface area (Å²) < 4.78 is 0. The van der Waals surface area contributed by atoms with Crippen LogP contribution in [0.25, 0.3) is 22.3 Å². The number of rotatable bonds is 4. The summed E-state index contributed by atoms with van der Waals surface area (Å²) >= 11 is 0. The predicted octanol–water partition coefficient (Wildman–Crippen LogP) is 7.68. The van der Waals surface area contributed by atoms with Gasteiger partial charge in [0.1, 0.15) is 11.5 Å². The van der Waals surface area contributed by atoms with E-state index in [1.54, 1.807) is 0 Å². The minimum absolute atomic E-state index is 0.302. The molecule has 2 N–H and O–H groups in total. The van der Waals surface area contributed by atoms with Gasteiger partial charge < -0.3 is 10.2 Å². The zero-order valence-electron chi connectivity index (χ0n) is 18.2. The average Bonchev–Trinajstić information content (AvgIpc) is 2.86. The van der Waals surface area contributed by atoms with E-state index in [2.05, 4.69) is 36.4 Å². The van der Waals surface area contributed by atoms with Crippen molar-refractivity contribution in [3.8, 4) is 33.8 Å². The summed E-state index contributed by atoms with van der Waals surface area (Å²) in [5.74, 6) is 0.604. The van der Waals surface area contributed by atoms with Gasteiger partial charge in [-0.15, -0.1) is 0 Å². The summed E-state index contributed by atoms with van der Waals surface area (Å²) in [6, 6.07) is 32.4. The van der Waals surface area contributed by atoms with Crippen molar-refractivity contribution in [2.24, 2.45) is 0 Å². The van der Waals surface area contributed by atoms with Crippen LogP contribution in [0.2, 0.25) is 0 Å². The van der Waals surface area contributed by atoms with E-state index >= 15 is 0 Å². The number of hydrogen-bond donors (Lipinski definition) is 2. The molecule has 0 atom stereocenters. The van der Waals surface area contributed by atoms with Crippen molar-refractivity contribution >= 4 is 0 Å². The molecule has 0 spiro atoms. The quantitative estimate of drug-likeness (QED) is 0.355. The summed E-state index contributed by atoms with van der Waals surface area (Å²) in [6.07, 6.45) is 5.14. The maximum atomic E-state index is 11.1. The molecule has 4 aromatic carbocycles. The Morgan fingerprint density at radius 2 is 0.906 bits per heavy atom. The van der Waals surface area contributed by atoms with Crippen LogP contribution in [0.5, 0.6) is 11.5 Å². The number of benzene rings is 4. The Balaban J connectivity index is 1.70. The molecule has 32 heavy (non-hydrogen) atoms. The van der Waals surface area contributed by atoms with E-state index in [1.807, 2.05) is 60.7 Å². The van der Waals surface area contributed by atoms with Gasteiger partial charge in [0.25, 0.3) is 0 Å². The molecule has 2 heteroatoms. The van der Waals surface area contributed by atoms with Crippen molar-refractivity contribution in [3.63, 3.8) is 0 Å². The lowest BCUT2D eigenvalue weighted by molar-refractivity contribution is 0.321. The molecule has 1 fully saturated rings. The molecule has 0 radical (unpaired) electrons. The van der Waals surface area contributed by atoms with Gasteiger partial charge in [0.15, 0.2) is 0 Å². The molecule has 4 aromatic rings. The van der Waals surface area contributed by atoms with E-state index in [-0.39, 0.29) is 0 Å². The molecule has 0 amide bonds. The third kappa shape index (κ3) is 3.67. The zero-order chi connectivity index (χ0) is 22.0. The second kappa shape index (κ2) is 8.55. The van der Waals surface area contributed by atoms with Crippen LogP contribution in [-0.4, -0.2) is 10.2 Å². The minimum atomic E-state index is -0.415. The van der Waals surface area contributed by atoms with Gasteiger partial charge in [-0.3, -0.25) is 0 Å². The highest BCUT2D eigenvalue weighted by Crippen LogP contribution is 2.51. The van der Waals surface area contributed by atoms with E-state index in [1.165, 1.54) is 6.42 Å². The van der Waals surface area contributed by atoms with E-state index in [9.17, 15) is 10.2 Å². The molecular formula is C30H28O2. The average molecular weight is 421 g/mol. The highest BCUT2D eigenvalue weighted by atomic mass is 16.3. The van der Waals surface area contributed by atoms with E-state index < -0.39 is 5.41 Å². The third-order valence-corrected chi connectivity index (χ3v) is 6.95. The third-order valence-electron chi connectivity index (χ3n) is 6.95. The van der Waals surface area contributed by atoms with E-state index in [0.29, 0.717) is 11.5 Å². The van der Waals surface area contributed by atoms with Crippen molar-refractivity contribution in [1.82, 2.24) is 0 Å². The summed E-state index contributed by atoms with van der Waals surface area (Å²) in [7, 11) is 0. The minimum Gasteiger partial charge on any atom is -0.508 e. The SMILES string of the molecule is Oc1ccc(-c2ccccc2)cc1C1(c2cc(-c3ccccc3)ccc2O)CCCCC1. The van der Waals surface area contributed by atoms with Crippen molar-refractivity contribution in [2.75, 3.05) is 0 Å². The first-order valence-corrected chi connectivity index (χ1v) is 11.5. The second-order valence-electron chi connectivity index (χ2n) is 8.84. The van der Waals surface area contributed by atoms with Crippen molar-refractivity contribution in [1.29, 1.82) is 0 Å². The Kier molecular flexibility index (Phi) is 5.45. The Hall–Kier alpha value is -3.52. The molecule has 0 aliphatic heterocycles. The summed E-state index contributed by atoms with van der Waals surface area (Å²) in [5.41, 5.74) is 5.84. The van der Waals surface area contributed by atoms with Gasteiger partial charge in [0.2, 0.25) is 0 Å². The van der Waals surface area contributed by atoms with Crippen LogP contribution >= 0.6 is 0 Å². The van der Waals surface area contributed by atoms with Gasteiger partial charge in [-0.25, -0.2) is 0 Å². The fourth-order valence-electron chi connectivity index (χ4n) is 5.30. The lowest BCUT2D eigenvalue weighted by atomic mass is 9.64. The molecule has 0 saturated heterocycles. The second-order valence-corrected chi connectivity index (χ2v) is 8.84. The summed E-state index contributed by atoms with van der Waals surface area (Å²) in [5, 5.41) is 22.1. The largest absolute Gasteiger partial charge is 0.508 e. The standard InChI is InChI=1S/C30H28O2/c31-28-16-14-24(22-10-4-1-5-11-22)20-26(28)30(18-8-3-9-19-30)27-21-25(15-17-29(27)32)23-12-6-2-7-13-23/h1-2,4-7,10-17,20-21,31-32H,3,8-9,18-19H2. The van der Waals surface area contributed by atoms with Gasteiger partial charge in [-0.1, -0.05) is 92.1 Å². The molecule has 1 aliphatic rings. The van der Waals surface area contributed by atoms with Crippen LogP contribution in [-0.2, 0) is 5.41 Å². The topological polar surface area (TPSA) is 40.5 Å². The highest BCUT2D eigenvalue weighted by Gasteiger charge is 2.40. The number of hydrogen-bond acceptors (Lipinski definition) is 2. The molecule has 0 aromatic heterocycles. The van der Waals surface area contributed by atoms with Crippen LogP contribution in [0.15, 0.2) is 97.1 Å². The van der Waals surface area contributed by atoms with Crippen molar-refractivity contribution < 1.29 is 10.2 Å². The van der Waals surface area contributed by atoms with Crippen molar-refractivity contribution in [3.05, 3.63) is 108 Å². The molecule has 1 aliphatic carbocycles. The fraction of sp³-hybridized carbons (Fsp3) is 0.200. The molecule has 160 valence electrons. The Labute approximate surface area is 189 Å². The Bertz CT molecular complexity index is 1120. The van der Waals surface area contributed by atoms with Gasteiger partial charge in [0.05, 0.1) is 0 Å².